The predicted molar refractivity (Wildman–Crippen MR) is 92.1 cm³/mol. The summed E-state index contributed by atoms with van der Waals surface area (Å²) in [6, 6.07) is 7.69. The molecule has 1 aromatic rings. The van der Waals surface area contributed by atoms with Gasteiger partial charge in [0.05, 0.1) is 0 Å². The minimum absolute atomic E-state index is 0.749. The molecule has 0 amide bonds. The van der Waals surface area contributed by atoms with Crippen LogP contribution in [0.2, 0.25) is 0 Å². The number of anilines is 1. The lowest BCUT2D eigenvalue weighted by molar-refractivity contribution is 0.249. The highest BCUT2D eigenvalue weighted by atomic mass is 15.2. The number of hydrogen-bond donors (Lipinski definition) is 1. The Labute approximate surface area is 130 Å². The summed E-state index contributed by atoms with van der Waals surface area (Å²) in [5.74, 6) is 0. The minimum Gasteiger partial charge on any atom is -0.371 e. The highest BCUT2D eigenvalue weighted by molar-refractivity contribution is 5.54. The van der Waals surface area contributed by atoms with E-state index in [0.717, 1.165) is 19.1 Å². The lowest BCUT2D eigenvalue weighted by Crippen LogP contribution is -2.42. The van der Waals surface area contributed by atoms with Crippen molar-refractivity contribution in [3.63, 3.8) is 0 Å². The van der Waals surface area contributed by atoms with Crippen LogP contribution in [0.25, 0.3) is 0 Å². The van der Waals surface area contributed by atoms with Gasteiger partial charge in [-0.15, -0.1) is 0 Å². The van der Waals surface area contributed by atoms with Gasteiger partial charge in [0.15, 0.2) is 0 Å². The van der Waals surface area contributed by atoms with Gasteiger partial charge in [0.2, 0.25) is 0 Å². The molecule has 3 nitrogen and oxygen atoms in total. The fraction of sp³-hybridized carbons (Fsp3) is 0.667. The molecule has 1 fully saturated rings. The van der Waals surface area contributed by atoms with Crippen LogP contribution in [0.1, 0.15) is 37.3 Å². The number of benzene rings is 1. The Hall–Kier alpha value is -1.06. The second-order valence-electron chi connectivity index (χ2n) is 6.48. The average Bonchev–Trinajstić information content (AvgIpc) is 2.48. The lowest BCUT2D eigenvalue weighted by atomic mass is 10.0. The van der Waals surface area contributed by atoms with Crippen LogP contribution in [0.4, 0.5) is 5.69 Å². The summed E-state index contributed by atoms with van der Waals surface area (Å²) in [7, 11) is 4.40. The largest absolute Gasteiger partial charge is 0.371 e. The topological polar surface area (TPSA) is 18.5 Å². The number of piperidine rings is 1. The van der Waals surface area contributed by atoms with Crippen molar-refractivity contribution in [1.82, 2.24) is 10.2 Å². The molecule has 0 spiro atoms. The third kappa shape index (κ3) is 4.45. The van der Waals surface area contributed by atoms with Gasteiger partial charge in [-0.2, -0.15) is 0 Å². The van der Waals surface area contributed by atoms with E-state index in [-0.39, 0.29) is 0 Å². The first kappa shape index (κ1) is 16.3. The zero-order valence-electron chi connectivity index (χ0n) is 14.2. The minimum atomic E-state index is 0.749. The molecular formula is C18H31N3. The maximum atomic E-state index is 3.48. The molecule has 0 unspecified atom stereocenters. The second kappa shape index (κ2) is 7.81. The van der Waals surface area contributed by atoms with Gasteiger partial charge in [0.1, 0.15) is 0 Å². The molecule has 1 saturated heterocycles. The zero-order chi connectivity index (χ0) is 15.2. The predicted octanol–water partition coefficient (Wildman–Crippen LogP) is 3.03. The summed E-state index contributed by atoms with van der Waals surface area (Å²) in [5.41, 5.74) is 4.23. The summed E-state index contributed by atoms with van der Waals surface area (Å²) in [5, 5.41) is 3.48. The van der Waals surface area contributed by atoms with Crippen LogP contribution in [0, 0.1) is 6.92 Å². The van der Waals surface area contributed by atoms with Crippen LogP contribution in [-0.4, -0.2) is 44.7 Å². The van der Waals surface area contributed by atoms with E-state index in [2.05, 4.69) is 61.3 Å². The number of nitrogens with one attached hydrogen (secondary N) is 1. The standard InChI is InChI=1S/C18H31N3/c1-5-10-19-14-16-6-7-18(15(2)13-16)21-11-8-17(9-12-21)20(3)4/h6-7,13,17,19H,5,8-12,14H2,1-4H3. The second-order valence-corrected chi connectivity index (χ2v) is 6.48. The summed E-state index contributed by atoms with van der Waals surface area (Å²) in [4.78, 5) is 4.92. The molecule has 118 valence electrons. The summed E-state index contributed by atoms with van der Waals surface area (Å²) in [6.45, 7) is 8.89. The maximum absolute atomic E-state index is 3.48. The van der Waals surface area contributed by atoms with Crippen molar-refractivity contribution >= 4 is 5.69 Å². The molecule has 0 radical (unpaired) electrons. The first-order chi connectivity index (χ1) is 10.1. The summed E-state index contributed by atoms with van der Waals surface area (Å²) in [6.07, 6.45) is 3.73. The van der Waals surface area contributed by atoms with Gasteiger partial charge in [-0.25, -0.2) is 0 Å². The number of hydrogen-bond acceptors (Lipinski definition) is 3. The summed E-state index contributed by atoms with van der Waals surface area (Å²) >= 11 is 0. The van der Waals surface area contributed by atoms with Crippen LogP contribution < -0.4 is 10.2 Å². The Bertz CT molecular complexity index is 434. The van der Waals surface area contributed by atoms with Crippen LogP contribution in [0.5, 0.6) is 0 Å². The van der Waals surface area contributed by atoms with E-state index in [1.165, 1.54) is 49.2 Å². The van der Waals surface area contributed by atoms with Crippen molar-refractivity contribution in [1.29, 1.82) is 0 Å². The molecule has 3 heteroatoms. The van der Waals surface area contributed by atoms with Crippen molar-refractivity contribution in [3.05, 3.63) is 29.3 Å². The monoisotopic (exact) mass is 289 g/mol. The van der Waals surface area contributed by atoms with E-state index in [1.807, 2.05) is 0 Å². The lowest BCUT2D eigenvalue weighted by Gasteiger charge is -2.37. The number of nitrogens with zero attached hydrogens (tertiary/aromatic N) is 2. The van der Waals surface area contributed by atoms with Crippen molar-refractivity contribution in [2.75, 3.05) is 38.6 Å². The summed E-state index contributed by atoms with van der Waals surface area (Å²) < 4.78 is 0. The molecule has 0 atom stereocenters. The molecule has 1 aliphatic rings. The fourth-order valence-corrected chi connectivity index (χ4v) is 3.21. The van der Waals surface area contributed by atoms with Gasteiger partial charge >= 0.3 is 0 Å². The van der Waals surface area contributed by atoms with Gasteiger partial charge in [-0.1, -0.05) is 19.1 Å². The van der Waals surface area contributed by atoms with E-state index in [1.54, 1.807) is 0 Å². The Kier molecular flexibility index (Phi) is 6.07. The van der Waals surface area contributed by atoms with Gasteiger partial charge in [0, 0.05) is 31.4 Å². The molecule has 0 saturated carbocycles. The van der Waals surface area contributed by atoms with Gasteiger partial charge in [0.25, 0.3) is 0 Å². The molecular weight excluding hydrogens is 258 g/mol. The van der Waals surface area contributed by atoms with Crippen LogP contribution in [-0.2, 0) is 6.54 Å². The number of aryl methyl sites for hydroxylation is 1. The van der Waals surface area contributed by atoms with E-state index < -0.39 is 0 Å². The van der Waals surface area contributed by atoms with Crippen molar-refractivity contribution in [2.45, 2.75) is 45.7 Å². The van der Waals surface area contributed by atoms with Crippen molar-refractivity contribution < 1.29 is 0 Å². The SMILES string of the molecule is CCCNCc1ccc(N2CCC(N(C)C)CC2)c(C)c1. The highest BCUT2D eigenvalue weighted by Gasteiger charge is 2.21. The molecule has 1 aliphatic heterocycles. The van der Waals surface area contributed by atoms with E-state index in [9.17, 15) is 0 Å². The van der Waals surface area contributed by atoms with E-state index in [4.69, 9.17) is 0 Å². The molecule has 1 heterocycles. The van der Waals surface area contributed by atoms with Crippen molar-refractivity contribution in [2.24, 2.45) is 0 Å². The number of rotatable bonds is 6. The van der Waals surface area contributed by atoms with Crippen LogP contribution >= 0.6 is 0 Å². The van der Waals surface area contributed by atoms with E-state index >= 15 is 0 Å². The quantitative estimate of drug-likeness (QED) is 0.812. The molecule has 0 aromatic heterocycles. The first-order valence-electron chi connectivity index (χ1n) is 8.33. The Balaban J connectivity index is 1.95. The highest BCUT2D eigenvalue weighted by Crippen LogP contribution is 2.25. The van der Waals surface area contributed by atoms with Crippen LogP contribution in [0.15, 0.2) is 18.2 Å². The zero-order valence-corrected chi connectivity index (χ0v) is 14.2. The Morgan fingerprint density at radius 1 is 1.24 bits per heavy atom. The van der Waals surface area contributed by atoms with Gasteiger partial charge in [-0.05, 0) is 64.0 Å². The average molecular weight is 289 g/mol. The normalized spacial score (nSPS) is 16.7. The third-order valence-electron chi connectivity index (χ3n) is 4.55. The molecule has 0 aliphatic carbocycles. The van der Waals surface area contributed by atoms with Crippen LogP contribution in [0.3, 0.4) is 0 Å². The molecule has 1 aromatic carbocycles. The first-order valence-corrected chi connectivity index (χ1v) is 8.33. The van der Waals surface area contributed by atoms with Gasteiger partial charge in [-0.3, -0.25) is 0 Å². The smallest absolute Gasteiger partial charge is 0.0396 e. The van der Waals surface area contributed by atoms with E-state index in [0.29, 0.717) is 0 Å². The molecule has 0 bridgehead atoms. The Morgan fingerprint density at radius 3 is 2.52 bits per heavy atom. The maximum Gasteiger partial charge on any atom is 0.0396 e. The molecule has 1 N–H and O–H groups in total. The molecule has 21 heavy (non-hydrogen) atoms. The third-order valence-corrected chi connectivity index (χ3v) is 4.55. The van der Waals surface area contributed by atoms with Gasteiger partial charge < -0.3 is 15.1 Å². The van der Waals surface area contributed by atoms with Crippen molar-refractivity contribution in [3.8, 4) is 0 Å². The fourth-order valence-electron chi connectivity index (χ4n) is 3.21. The Morgan fingerprint density at radius 2 is 1.95 bits per heavy atom. The molecule has 2 rings (SSSR count).